The van der Waals surface area contributed by atoms with E-state index >= 15 is 0 Å². The minimum absolute atomic E-state index is 0.181. The SMILES string of the molecule is Cc1ccnc(N2C(=O)CSC2CC23CC4CC(CC(C4)C2)C3)n1. The predicted octanol–water partition coefficient (Wildman–Crippen LogP) is 3.80. The van der Waals surface area contributed by atoms with E-state index in [0.29, 0.717) is 17.1 Å². The molecule has 4 aliphatic carbocycles. The fourth-order valence-electron chi connectivity index (χ4n) is 6.32. The summed E-state index contributed by atoms with van der Waals surface area (Å²) in [6, 6.07) is 1.89. The first-order valence-corrected chi connectivity index (χ1v) is 10.4. The summed E-state index contributed by atoms with van der Waals surface area (Å²) in [5.74, 6) is 4.25. The van der Waals surface area contributed by atoms with E-state index in [2.05, 4.69) is 9.97 Å². The van der Waals surface area contributed by atoms with E-state index < -0.39 is 0 Å². The third-order valence-corrected chi connectivity index (χ3v) is 7.90. The zero-order valence-electron chi connectivity index (χ0n) is 14.3. The second-order valence-corrected chi connectivity index (χ2v) is 9.82. The van der Waals surface area contributed by atoms with Gasteiger partial charge in [0.05, 0.1) is 11.1 Å². The molecule has 1 atom stereocenters. The summed E-state index contributed by atoms with van der Waals surface area (Å²) in [7, 11) is 0. The lowest BCUT2D eigenvalue weighted by atomic mass is 9.49. The van der Waals surface area contributed by atoms with Gasteiger partial charge in [-0.3, -0.25) is 9.69 Å². The molecular formula is C19H25N3OS. The fraction of sp³-hybridized carbons (Fsp3) is 0.737. The number of nitrogens with zero attached hydrogens (tertiary/aromatic N) is 3. The van der Waals surface area contributed by atoms with E-state index in [1.807, 2.05) is 17.9 Å². The van der Waals surface area contributed by atoms with Crippen molar-refractivity contribution in [2.45, 2.75) is 57.2 Å². The van der Waals surface area contributed by atoms with Crippen molar-refractivity contribution in [3.63, 3.8) is 0 Å². The van der Waals surface area contributed by atoms with Gasteiger partial charge in [-0.15, -0.1) is 11.8 Å². The van der Waals surface area contributed by atoms with Crippen molar-refractivity contribution in [3.8, 4) is 0 Å². The number of anilines is 1. The summed E-state index contributed by atoms with van der Waals surface area (Å²) in [5.41, 5.74) is 1.41. The second-order valence-electron chi connectivity index (χ2n) is 8.65. The Kier molecular flexibility index (Phi) is 3.45. The van der Waals surface area contributed by atoms with Crippen LogP contribution in [0, 0.1) is 30.1 Å². The van der Waals surface area contributed by atoms with Gasteiger partial charge in [-0.05, 0) is 81.1 Å². The zero-order chi connectivity index (χ0) is 16.3. The molecule has 2 heterocycles. The molecular weight excluding hydrogens is 318 g/mol. The first kappa shape index (κ1) is 15.2. The molecule has 0 aromatic carbocycles. The number of aryl methyl sites for hydroxylation is 1. The summed E-state index contributed by atoms with van der Waals surface area (Å²) in [6.07, 6.45) is 11.5. The normalized spacial score (nSPS) is 40.5. The minimum atomic E-state index is 0.181. The molecule has 1 aromatic heterocycles. The first-order chi connectivity index (χ1) is 11.6. The number of thioether (sulfide) groups is 1. The van der Waals surface area contributed by atoms with Crippen LogP contribution < -0.4 is 4.90 Å². The van der Waals surface area contributed by atoms with Gasteiger partial charge in [0.25, 0.3) is 0 Å². The maximum Gasteiger partial charge on any atom is 0.240 e. The van der Waals surface area contributed by atoms with Gasteiger partial charge in [0, 0.05) is 11.9 Å². The number of rotatable bonds is 3. The maximum absolute atomic E-state index is 12.5. The Morgan fingerprint density at radius 2 is 1.88 bits per heavy atom. The lowest BCUT2D eigenvalue weighted by Crippen LogP contribution is -2.48. The molecule has 24 heavy (non-hydrogen) atoms. The second kappa shape index (κ2) is 5.45. The fourth-order valence-corrected chi connectivity index (χ4v) is 7.63. The topological polar surface area (TPSA) is 46.1 Å². The van der Waals surface area contributed by atoms with Crippen molar-refractivity contribution in [1.29, 1.82) is 0 Å². The van der Waals surface area contributed by atoms with Crippen molar-refractivity contribution in [2.24, 2.45) is 23.2 Å². The molecule has 6 rings (SSSR count). The molecule has 5 fully saturated rings. The van der Waals surface area contributed by atoms with E-state index in [9.17, 15) is 4.79 Å². The van der Waals surface area contributed by atoms with Crippen molar-refractivity contribution in [1.82, 2.24) is 9.97 Å². The Balaban J connectivity index is 1.41. The van der Waals surface area contributed by atoms with Gasteiger partial charge in [0.2, 0.25) is 11.9 Å². The van der Waals surface area contributed by atoms with Gasteiger partial charge in [0.1, 0.15) is 0 Å². The van der Waals surface area contributed by atoms with E-state index in [4.69, 9.17) is 0 Å². The van der Waals surface area contributed by atoms with Gasteiger partial charge < -0.3 is 0 Å². The van der Waals surface area contributed by atoms with Crippen LogP contribution in [0.5, 0.6) is 0 Å². The summed E-state index contributed by atoms with van der Waals surface area (Å²) in [6.45, 7) is 1.97. The van der Waals surface area contributed by atoms with E-state index in [1.54, 1.807) is 18.0 Å². The number of amides is 1. The number of carbonyl (C=O) groups excluding carboxylic acids is 1. The summed E-state index contributed by atoms with van der Waals surface area (Å²) < 4.78 is 0. The number of aromatic nitrogens is 2. The summed E-state index contributed by atoms with van der Waals surface area (Å²) >= 11 is 1.80. The number of hydrogen-bond acceptors (Lipinski definition) is 4. The Morgan fingerprint density at radius 1 is 1.21 bits per heavy atom. The predicted molar refractivity (Wildman–Crippen MR) is 95.7 cm³/mol. The lowest BCUT2D eigenvalue weighted by molar-refractivity contribution is -0.116. The summed E-state index contributed by atoms with van der Waals surface area (Å²) in [4.78, 5) is 23.3. The molecule has 4 bridgehead atoms. The van der Waals surface area contributed by atoms with Crippen LogP contribution in [-0.2, 0) is 4.79 Å². The van der Waals surface area contributed by atoms with Gasteiger partial charge in [-0.1, -0.05) is 0 Å². The zero-order valence-corrected chi connectivity index (χ0v) is 15.1. The quantitative estimate of drug-likeness (QED) is 0.837. The monoisotopic (exact) mass is 343 g/mol. The van der Waals surface area contributed by atoms with Crippen LogP contribution in [0.4, 0.5) is 5.95 Å². The van der Waals surface area contributed by atoms with E-state index in [-0.39, 0.29) is 11.3 Å². The van der Waals surface area contributed by atoms with Crippen LogP contribution in [0.1, 0.15) is 50.6 Å². The average molecular weight is 343 g/mol. The molecule has 0 radical (unpaired) electrons. The van der Waals surface area contributed by atoms with Gasteiger partial charge in [-0.2, -0.15) is 0 Å². The lowest BCUT2D eigenvalue weighted by Gasteiger charge is -2.57. The largest absolute Gasteiger partial charge is 0.273 e. The van der Waals surface area contributed by atoms with Gasteiger partial charge >= 0.3 is 0 Å². The van der Waals surface area contributed by atoms with Crippen LogP contribution in [-0.4, -0.2) is 27.0 Å². The third-order valence-electron chi connectivity index (χ3n) is 6.73. The first-order valence-electron chi connectivity index (χ1n) is 9.34. The maximum atomic E-state index is 12.5. The Morgan fingerprint density at radius 3 is 2.50 bits per heavy atom. The molecule has 4 nitrogen and oxygen atoms in total. The van der Waals surface area contributed by atoms with Crippen LogP contribution in [0.25, 0.3) is 0 Å². The molecule has 1 unspecified atom stereocenters. The standard InChI is InChI=1S/C19H25N3OS/c1-12-2-3-20-18(21-12)22-16(23)11-24-17(22)10-19-7-13-4-14(8-19)6-15(5-13)9-19/h2-3,13-15,17H,4-11H2,1H3. The Bertz CT molecular complexity index is 641. The van der Waals surface area contributed by atoms with Crippen molar-refractivity contribution >= 4 is 23.6 Å². The molecule has 1 aliphatic heterocycles. The molecule has 0 spiro atoms. The molecule has 1 aromatic rings. The highest BCUT2D eigenvalue weighted by molar-refractivity contribution is 8.01. The molecule has 1 amide bonds. The minimum Gasteiger partial charge on any atom is -0.273 e. The smallest absolute Gasteiger partial charge is 0.240 e. The summed E-state index contributed by atoms with van der Waals surface area (Å²) in [5, 5.41) is 0.232. The molecule has 5 aliphatic rings. The Hall–Kier alpha value is -1.10. The average Bonchev–Trinajstić information content (AvgIpc) is 2.85. The molecule has 4 saturated carbocycles. The van der Waals surface area contributed by atoms with E-state index in [0.717, 1.165) is 29.9 Å². The van der Waals surface area contributed by atoms with Crippen LogP contribution >= 0.6 is 11.8 Å². The van der Waals surface area contributed by atoms with E-state index in [1.165, 1.54) is 38.5 Å². The molecule has 5 heteroatoms. The number of carbonyl (C=O) groups is 1. The highest BCUT2D eigenvalue weighted by atomic mass is 32.2. The van der Waals surface area contributed by atoms with Crippen LogP contribution in [0.15, 0.2) is 12.3 Å². The Labute approximate surface area is 147 Å². The van der Waals surface area contributed by atoms with Gasteiger partial charge in [-0.25, -0.2) is 9.97 Å². The molecule has 1 saturated heterocycles. The molecule has 128 valence electrons. The molecule has 0 N–H and O–H groups in total. The van der Waals surface area contributed by atoms with Crippen molar-refractivity contribution in [2.75, 3.05) is 10.7 Å². The van der Waals surface area contributed by atoms with Crippen LogP contribution in [0.3, 0.4) is 0 Å². The highest BCUT2D eigenvalue weighted by Crippen LogP contribution is 2.62. The van der Waals surface area contributed by atoms with Crippen molar-refractivity contribution < 1.29 is 4.79 Å². The van der Waals surface area contributed by atoms with Gasteiger partial charge in [0.15, 0.2) is 0 Å². The highest BCUT2D eigenvalue weighted by Gasteiger charge is 2.52. The van der Waals surface area contributed by atoms with Crippen molar-refractivity contribution in [3.05, 3.63) is 18.0 Å². The number of hydrogen-bond donors (Lipinski definition) is 0. The van der Waals surface area contributed by atoms with Crippen LogP contribution in [0.2, 0.25) is 0 Å². The third kappa shape index (κ3) is 2.47.